The van der Waals surface area contributed by atoms with E-state index in [2.05, 4.69) is 37.4 Å². The van der Waals surface area contributed by atoms with Crippen LogP contribution in [0.1, 0.15) is 17.5 Å². The molecule has 0 bridgehead atoms. The third kappa shape index (κ3) is 4.51. The van der Waals surface area contributed by atoms with Crippen molar-refractivity contribution < 1.29 is 8.42 Å². The van der Waals surface area contributed by atoms with E-state index in [9.17, 15) is 8.42 Å². The maximum absolute atomic E-state index is 11.3. The largest absolute Gasteiger partial charge is 0.312 e. The number of hydrogen-bond acceptors (Lipinski definition) is 4. The third-order valence-electron chi connectivity index (χ3n) is 3.36. The number of aryl methyl sites for hydroxylation is 2. The van der Waals surface area contributed by atoms with Crippen LogP contribution in [-0.2, 0) is 9.84 Å². The summed E-state index contributed by atoms with van der Waals surface area (Å²) in [5.74, 6) is 1.62. The normalized spacial score (nSPS) is 21.7. The molecule has 1 aliphatic heterocycles. The number of nitrogens with one attached hydrogen (secondary N) is 1. The summed E-state index contributed by atoms with van der Waals surface area (Å²) >= 11 is 1.83. The average Bonchev–Trinajstić information content (AvgIpc) is 2.67. The quantitative estimate of drug-likeness (QED) is 0.668. The summed E-state index contributed by atoms with van der Waals surface area (Å²) in [5, 5.41) is 3.34. The molecule has 0 spiro atoms. The van der Waals surface area contributed by atoms with Crippen molar-refractivity contribution >= 4 is 21.6 Å². The molecule has 0 saturated carbocycles. The third-order valence-corrected chi connectivity index (χ3v) is 6.30. The van der Waals surface area contributed by atoms with Crippen LogP contribution >= 0.6 is 11.8 Å². The Labute approximate surface area is 120 Å². The minimum absolute atomic E-state index is 0.157. The second kappa shape index (κ2) is 6.29. The van der Waals surface area contributed by atoms with Crippen LogP contribution in [0.2, 0.25) is 0 Å². The highest BCUT2D eigenvalue weighted by atomic mass is 32.2. The minimum Gasteiger partial charge on any atom is -0.312 e. The van der Waals surface area contributed by atoms with Gasteiger partial charge in [0.1, 0.15) is 0 Å². The van der Waals surface area contributed by atoms with Gasteiger partial charge in [0.25, 0.3) is 0 Å². The van der Waals surface area contributed by atoms with Gasteiger partial charge in [0.05, 0.1) is 11.5 Å². The molecule has 1 heterocycles. The molecule has 106 valence electrons. The number of rotatable bonds is 5. The molecule has 5 heteroatoms. The smallest absolute Gasteiger partial charge is 0.151 e. The fourth-order valence-electron chi connectivity index (χ4n) is 2.34. The van der Waals surface area contributed by atoms with Gasteiger partial charge in [-0.3, -0.25) is 0 Å². The summed E-state index contributed by atoms with van der Waals surface area (Å²) in [6, 6.07) is 6.64. The van der Waals surface area contributed by atoms with Crippen molar-refractivity contribution in [2.75, 3.05) is 23.8 Å². The Morgan fingerprint density at radius 1 is 1.37 bits per heavy atom. The van der Waals surface area contributed by atoms with Gasteiger partial charge in [-0.05, 0) is 31.9 Å². The molecule has 1 fully saturated rings. The first kappa shape index (κ1) is 14.9. The van der Waals surface area contributed by atoms with Crippen molar-refractivity contribution in [3.63, 3.8) is 0 Å². The van der Waals surface area contributed by atoms with Gasteiger partial charge >= 0.3 is 0 Å². The Hall–Kier alpha value is -0.520. The number of benzene rings is 1. The zero-order chi connectivity index (χ0) is 13.9. The molecular weight excluding hydrogens is 278 g/mol. The van der Waals surface area contributed by atoms with E-state index in [1.807, 2.05) is 11.8 Å². The first-order chi connectivity index (χ1) is 8.96. The highest BCUT2D eigenvalue weighted by Crippen LogP contribution is 2.22. The fourth-order valence-corrected chi connectivity index (χ4v) is 4.94. The van der Waals surface area contributed by atoms with E-state index in [4.69, 9.17) is 0 Å². The van der Waals surface area contributed by atoms with Crippen molar-refractivity contribution in [1.82, 2.24) is 5.32 Å². The number of hydrogen-bond donors (Lipinski definition) is 1. The molecule has 2 rings (SSSR count). The van der Waals surface area contributed by atoms with Gasteiger partial charge in [0.15, 0.2) is 9.84 Å². The summed E-state index contributed by atoms with van der Waals surface area (Å²) < 4.78 is 22.7. The van der Waals surface area contributed by atoms with E-state index in [0.29, 0.717) is 11.5 Å². The molecule has 1 unspecified atom stereocenters. The zero-order valence-corrected chi connectivity index (χ0v) is 13.1. The van der Waals surface area contributed by atoms with Crippen LogP contribution in [0.15, 0.2) is 23.1 Å². The first-order valence-corrected chi connectivity index (χ1v) is 9.41. The Bertz CT molecular complexity index is 540. The molecule has 1 N–H and O–H groups in total. The molecule has 0 aliphatic carbocycles. The van der Waals surface area contributed by atoms with Gasteiger partial charge in [0, 0.05) is 23.2 Å². The molecular formula is C14H21NO2S2. The topological polar surface area (TPSA) is 46.2 Å². The lowest BCUT2D eigenvalue weighted by Crippen LogP contribution is -2.31. The van der Waals surface area contributed by atoms with E-state index in [-0.39, 0.29) is 6.04 Å². The highest BCUT2D eigenvalue weighted by Gasteiger charge is 2.26. The summed E-state index contributed by atoms with van der Waals surface area (Å²) in [4.78, 5) is 1.31. The predicted molar refractivity (Wildman–Crippen MR) is 81.7 cm³/mol. The zero-order valence-electron chi connectivity index (χ0n) is 11.5. The van der Waals surface area contributed by atoms with E-state index in [0.717, 1.165) is 18.7 Å². The monoisotopic (exact) mass is 299 g/mol. The average molecular weight is 299 g/mol. The summed E-state index contributed by atoms with van der Waals surface area (Å²) in [5.41, 5.74) is 2.60. The van der Waals surface area contributed by atoms with Gasteiger partial charge in [-0.15, -0.1) is 11.8 Å². The van der Waals surface area contributed by atoms with Crippen LogP contribution in [0, 0.1) is 13.8 Å². The van der Waals surface area contributed by atoms with E-state index >= 15 is 0 Å². The highest BCUT2D eigenvalue weighted by molar-refractivity contribution is 7.99. The number of thioether (sulfide) groups is 1. The Morgan fingerprint density at radius 2 is 2.16 bits per heavy atom. The molecule has 0 radical (unpaired) electrons. The molecule has 1 aromatic rings. The second-order valence-electron chi connectivity index (χ2n) is 5.17. The van der Waals surface area contributed by atoms with Crippen LogP contribution in [0.4, 0.5) is 0 Å². The van der Waals surface area contributed by atoms with E-state index < -0.39 is 9.84 Å². The van der Waals surface area contributed by atoms with Crippen molar-refractivity contribution in [3.05, 3.63) is 29.3 Å². The lowest BCUT2D eigenvalue weighted by molar-refractivity contribution is 0.575. The van der Waals surface area contributed by atoms with E-state index in [1.54, 1.807) is 0 Å². The second-order valence-corrected chi connectivity index (χ2v) is 8.54. The van der Waals surface area contributed by atoms with Crippen molar-refractivity contribution in [2.24, 2.45) is 0 Å². The van der Waals surface area contributed by atoms with Gasteiger partial charge < -0.3 is 5.32 Å². The maximum Gasteiger partial charge on any atom is 0.151 e. The lowest BCUT2D eigenvalue weighted by Gasteiger charge is -2.11. The van der Waals surface area contributed by atoms with Crippen molar-refractivity contribution in [2.45, 2.75) is 31.2 Å². The van der Waals surface area contributed by atoms with Crippen LogP contribution < -0.4 is 5.32 Å². The summed E-state index contributed by atoms with van der Waals surface area (Å²) in [7, 11) is -2.77. The van der Waals surface area contributed by atoms with Gasteiger partial charge in [0.2, 0.25) is 0 Å². The SMILES string of the molecule is Cc1ccc(SCCNC2CCS(=O)(=O)C2)c(C)c1. The Balaban J connectivity index is 1.72. The Morgan fingerprint density at radius 3 is 2.79 bits per heavy atom. The summed E-state index contributed by atoms with van der Waals surface area (Å²) in [6.07, 6.45) is 0.760. The van der Waals surface area contributed by atoms with Crippen LogP contribution in [-0.4, -0.2) is 38.3 Å². The predicted octanol–water partition coefficient (Wildman–Crippen LogP) is 2.17. The minimum atomic E-state index is -2.77. The molecule has 1 atom stereocenters. The molecule has 0 amide bonds. The Kier molecular flexibility index (Phi) is 4.92. The maximum atomic E-state index is 11.3. The molecule has 19 heavy (non-hydrogen) atoms. The van der Waals surface area contributed by atoms with E-state index in [1.165, 1.54) is 16.0 Å². The lowest BCUT2D eigenvalue weighted by atomic mass is 10.2. The molecule has 0 aromatic heterocycles. The van der Waals surface area contributed by atoms with Gasteiger partial charge in [-0.25, -0.2) is 8.42 Å². The molecule has 1 aromatic carbocycles. The summed E-state index contributed by atoms with van der Waals surface area (Å²) in [6.45, 7) is 5.09. The fraction of sp³-hybridized carbons (Fsp3) is 0.571. The number of sulfone groups is 1. The van der Waals surface area contributed by atoms with Gasteiger partial charge in [-0.1, -0.05) is 17.7 Å². The standard InChI is InChI=1S/C14H21NO2S2/c1-11-3-4-14(12(2)9-11)18-7-6-15-13-5-8-19(16,17)10-13/h3-4,9,13,15H,5-8,10H2,1-2H3. The van der Waals surface area contributed by atoms with Gasteiger partial charge in [-0.2, -0.15) is 0 Å². The van der Waals surface area contributed by atoms with Crippen LogP contribution in [0.5, 0.6) is 0 Å². The van der Waals surface area contributed by atoms with Crippen molar-refractivity contribution in [3.8, 4) is 0 Å². The molecule has 3 nitrogen and oxygen atoms in total. The van der Waals surface area contributed by atoms with Crippen LogP contribution in [0.3, 0.4) is 0 Å². The first-order valence-electron chi connectivity index (χ1n) is 6.60. The molecule has 1 aliphatic rings. The molecule has 1 saturated heterocycles. The van der Waals surface area contributed by atoms with Crippen LogP contribution in [0.25, 0.3) is 0 Å². The van der Waals surface area contributed by atoms with Crippen molar-refractivity contribution in [1.29, 1.82) is 0 Å².